The molecule has 1 aromatic carbocycles. The third kappa shape index (κ3) is 4.13. The van der Waals surface area contributed by atoms with E-state index in [1.807, 2.05) is 24.3 Å². The van der Waals surface area contributed by atoms with Gasteiger partial charge in [-0.25, -0.2) is 0 Å². The van der Waals surface area contributed by atoms with Crippen molar-refractivity contribution >= 4 is 21.8 Å². The van der Waals surface area contributed by atoms with Crippen LogP contribution in [0.15, 0.2) is 28.7 Å². The van der Waals surface area contributed by atoms with Gasteiger partial charge in [0, 0.05) is 16.9 Å². The number of amides is 1. The van der Waals surface area contributed by atoms with Crippen molar-refractivity contribution in [3.8, 4) is 0 Å². The van der Waals surface area contributed by atoms with Crippen molar-refractivity contribution in [2.24, 2.45) is 5.92 Å². The average molecular weight is 310 g/mol. The summed E-state index contributed by atoms with van der Waals surface area (Å²) in [6.07, 6.45) is 7.11. The van der Waals surface area contributed by atoms with E-state index in [1.54, 1.807) is 0 Å². The largest absolute Gasteiger partial charge is 0.352 e. The molecule has 3 heteroatoms. The first-order chi connectivity index (χ1) is 8.75. The highest BCUT2D eigenvalue weighted by atomic mass is 79.9. The second-order valence-electron chi connectivity index (χ2n) is 5.03. The SMILES string of the molecule is O=C(NCc1ccc(Br)cc1)C1CCCCCC1. The summed E-state index contributed by atoms with van der Waals surface area (Å²) < 4.78 is 1.07. The smallest absolute Gasteiger partial charge is 0.223 e. The normalized spacial score (nSPS) is 17.2. The van der Waals surface area contributed by atoms with E-state index < -0.39 is 0 Å². The maximum atomic E-state index is 12.1. The molecule has 1 amide bonds. The van der Waals surface area contributed by atoms with E-state index in [2.05, 4.69) is 21.2 Å². The molecular formula is C15H20BrNO. The summed E-state index contributed by atoms with van der Waals surface area (Å²) in [6, 6.07) is 8.09. The van der Waals surface area contributed by atoms with Gasteiger partial charge in [-0.05, 0) is 30.5 Å². The van der Waals surface area contributed by atoms with Gasteiger partial charge in [0.2, 0.25) is 5.91 Å². The van der Waals surface area contributed by atoms with Gasteiger partial charge in [0.05, 0.1) is 0 Å². The van der Waals surface area contributed by atoms with Crippen LogP contribution in [0.5, 0.6) is 0 Å². The Balaban J connectivity index is 1.81. The zero-order valence-electron chi connectivity index (χ0n) is 10.6. The van der Waals surface area contributed by atoms with Gasteiger partial charge in [-0.3, -0.25) is 4.79 Å². The summed E-state index contributed by atoms with van der Waals surface area (Å²) >= 11 is 3.41. The molecule has 0 atom stereocenters. The van der Waals surface area contributed by atoms with E-state index in [4.69, 9.17) is 0 Å². The number of rotatable bonds is 3. The number of benzene rings is 1. The van der Waals surface area contributed by atoms with Crippen LogP contribution < -0.4 is 5.32 Å². The van der Waals surface area contributed by atoms with Crippen LogP contribution >= 0.6 is 15.9 Å². The second kappa shape index (κ2) is 6.93. The van der Waals surface area contributed by atoms with Crippen molar-refractivity contribution in [3.05, 3.63) is 34.3 Å². The quantitative estimate of drug-likeness (QED) is 0.839. The molecule has 0 unspecified atom stereocenters. The lowest BCUT2D eigenvalue weighted by molar-refractivity contribution is -0.125. The van der Waals surface area contributed by atoms with Gasteiger partial charge >= 0.3 is 0 Å². The molecule has 1 aromatic rings. The lowest BCUT2D eigenvalue weighted by Gasteiger charge is -2.14. The molecule has 18 heavy (non-hydrogen) atoms. The minimum absolute atomic E-state index is 0.236. The van der Waals surface area contributed by atoms with E-state index >= 15 is 0 Å². The maximum Gasteiger partial charge on any atom is 0.223 e. The fourth-order valence-corrected chi connectivity index (χ4v) is 2.74. The van der Waals surface area contributed by atoms with E-state index in [-0.39, 0.29) is 11.8 Å². The van der Waals surface area contributed by atoms with Crippen molar-refractivity contribution in [2.45, 2.75) is 45.1 Å². The molecule has 0 heterocycles. The van der Waals surface area contributed by atoms with Crippen molar-refractivity contribution < 1.29 is 4.79 Å². The molecule has 0 aromatic heterocycles. The standard InChI is InChI=1S/C15H20BrNO/c16-14-9-7-12(8-10-14)11-17-15(18)13-5-3-1-2-4-6-13/h7-10,13H,1-6,11H2,(H,17,18). The average Bonchev–Trinajstić information content (AvgIpc) is 2.66. The van der Waals surface area contributed by atoms with Crippen molar-refractivity contribution in [3.63, 3.8) is 0 Å². The highest BCUT2D eigenvalue weighted by Crippen LogP contribution is 2.23. The molecule has 1 saturated carbocycles. The Kier molecular flexibility index (Phi) is 5.24. The Hall–Kier alpha value is -0.830. The molecule has 1 aliphatic rings. The molecule has 2 nitrogen and oxygen atoms in total. The van der Waals surface area contributed by atoms with Crippen LogP contribution in [-0.4, -0.2) is 5.91 Å². The van der Waals surface area contributed by atoms with Crippen LogP contribution in [0, 0.1) is 5.92 Å². The number of nitrogens with one attached hydrogen (secondary N) is 1. The Morgan fingerprint density at radius 2 is 1.72 bits per heavy atom. The molecule has 1 fully saturated rings. The third-order valence-corrected chi connectivity index (χ3v) is 4.13. The zero-order valence-corrected chi connectivity index (χ0v) is 12.2. The van der Waals surface area contributed by atoms with Crippen LogP contribution in [-0.2, 0) is 11.3 Å². The van der Waals surface area contributed by atoms with Gasteiger partial charge in [0.25, 0.3) is 0 Å². The molecule has 1 aliphatic carbocycles. The monoisotopic (exact) mass is 309 g/mol. The fraction of sp³-hybridized carbons (Fsp3) is 0.533. The number of carbonyl (C=O) groups is 1. The number of halogens is 1. The molecule has 98 valence electrons. The topological polar surface area (TPSA) is 29.1 Å². The molecule has 0 spiro atoms. The van der Waals surface area contributed by atoms with E-state index in [1.165, 1.54) is 25.7 Å². The van der Waals surface area contributed by atoms with Crippen LogP contribution in [0.2, 0.25) is 0 Å². The summed E-state index contributed by atoms with van der Waals surface area (Å²) in [4.78, 5) is 12.1. The summed E-state index contributed by atoms with van der Waals surface area (Å²) in [6.45, 7) is 0.641. The van der Waals surface area contributed by atoms with E-state index in [0.29, 0.717) is 6.54 Å². The lowest BCUT2D eigenvalue weighted by Crippen LogP contribution is -2.30. The van der Waals surface area contributed by atoms with Crippen LogP contribution in [0.3, 0.4) is 0 Å². The summed E-state index contributed by atoms with van der Waals surface area (Å²) in [5.74, 6) is 0.475. The van der Waals surface area contributed by atoms with Gasteiger partial charge in [0.15, 0.2) is 0 Å². The summed E-state index contributed by atoms with van der Waals surface area (Å²) in [7, 11) is 0. The van der Waals surface area contributed by atoms with Crippen LogP contribution in [0.25, 0.3) is 0 Å². The minimum atomic E-state index is 0.236. The van der Waals surface area contributed by atoms with Crippen LogP contribution in [0.1, 0.15) is 44.1 Å². The molecular weight excluding hydrogens is 290 g/mol. The first kappa shape index (κ1) is 13.6. The summed E-state index contributed by atoms with van der Waals surface area (Å²) in [5.41, 5.74) is 1.15. The molecule has 0 radical (unpaired) electrons. The number of hydrogen-bond acceptors (Lipinski definition) is 1. The Morgan fingerprint density at radius 1 is 1.11 bits per heavy atom. The molecule has 0 aliphatic heterocycles. The predicted octanol–water partition coefficient (Wildman–Crippen LogP) is 4.04. The van der Waals surface area contributed by atoms with Crippen molar-refractivity contribution in [2.75, 3.05) is 0 Å². The minimum Gasteiger partial charge on any atom is -0.352 e. The zero-order chi connectivity index (χ0) is 12.8. The lowest BCUT2D eigenvalue weighted by atomic mass is 9.99. The second-order valence-corrected chi connectivity index (χ2v) is 5.95. The van der Waals surface area contributed by atoms with Gasteiger partial charge < -0.3 is 5.32 Å². The summed E-state index contributed by atoms with van der Waals surface area (Å²) in [5, 5.41) is 3.06. The van der Waals surface area contributed by atoms with E-state index in [9.17, 15) is 4.79 Å². The van der Waals surface area contributed by atoms with Gasteiger partial charge in [0.1, 0.15) is 0 Å². The highest BCUT2D eigenvalue weighted by molar-refractivity contribution is 9.10. The first-order valence-electron chi connectivity index (χ1n) is 6.78. The van der Waals surface area contributed by atoms with Gasteiger partial charge in [-0.15, -0.1) is 0 Å². The number of hydrogen-bond donors (Lipinski definition) is 1. The molecule has 0 bridgehead atoms. The fourth-order valence-electron chi connectivity index (χ4n) is 2.48. The van der Waals surface area contributed by atoms with E-state index in [0.717, 1.165) is 22.9 Å². The van der Waals surface area contributed by atoms with Crippen molar-refractivity contribution in [1.29, 1.82) is 0 Å². The Morgan fingerprint density at radius 3 is 2.33 bits per heavy atom. The van der Waals surface area contributed by atoms with Crippen LogP contribution in [0.4, 0.5) is 0 Å². The molecule has 2 rings (SSSR count). The third-order valence-electron chi connectivity index (χ3n) is 3.61. The molecule has 1 N–H and O–H groups in total. The maximum absolute atomic E-state index is 12.1. The highest BCUT2D eigenvalue weighted by Gasteiger charge is 2.19. The Bertz CT molecular complexity index is 380. The Labute approximate surface area is 117 Å². The molecule has 0 saturated heterocycles. The predicted molar refractivity (Wildman–Crippen MR) is 77.2 cm³/mol. The first-order valence-corrected chi connectivity index (χ1v) is 7.57. The van der Waals surface area contributed by atoms with Crippen molar-refractivity contribution in [1.82, 2.24) is 5.32 Å². The van der Waals surface area contributed by atoms with Gasteiger partial charge in [-0.1, -0.05) is 53.7 Å². The van der Waals surface area contributed by atoms with Gasteiger partial charge in [-0.2, -0.15) is 0 Å². The number of carbonyl (C=O) groups excluding carboxylic acids is 1.